The molecule has 0 radical (unpaired) electrons. The van der Waals surface area contributed by atoms with Crippen molar-refractivity contribution in [3.63, 3.8) is 0 Å². The summed E-state index contributed by atoms with van der Waals surface area (Å²) in [6.07, 6.45) is 5.18. The summed E-state index contributed by atoms with van der Waals surface area (Å²) in [6, 6.07) is 10.4. The zero-order chi connectivity index (χ0) is 29.0. The molecule has 0 aliphatic heterocycles. The Morgan fingerprint density at radius 2 is 1.17 bits per heavy atom. The van der Waals surface area contributed by atoms with Crippen molar-refractivity contribution >= 4 is 0 Å². The number of halogens is 2. The number of hydrogen-bond acceptors (Lipinski definition) is 0. The second-order valence-corrected chi connectivity index (χ2v) is 18.1. The SMILES string of the molecule is Cc1cc2c(cc1C(C)(C)C)-c1cc(C(C)(C)C)c(C)cc1C2C1(C(C)C)C[CH]([Zr+2])C2=C1C=C(C(C)(C)C)C2.[Cl-].[Cl-]. The van der Waals surface area contributed by atoms with Gasteiger partial charge in [-0.2, -0.15) is 0 Å². The molecule has 0 saturated carbocycles. The van der Waals surface area contributed by atoms with Gasteiger partial charge in [-0.3, -0.25) is 0 Å². The average molecular weight is 670 g/mol. The van der Waals surface area contributed by atoms with Crippen molar-refractivity contribution in [2.45, 2.75) is 123 Å². The molecule has 0 amide bonds. The number of aryl methyl sites for hydroxylation is 2. The van der Waals surface area contributed by atoms with Gasteiger partial charge in [0.1, 0.15) is 0 Å². The van der Waals surface area contributed by atoms with Crippen LogP contribution in [-0.2, 0) is 35.5 Å². The number of benzene rings is 2. The third-order valence-electron chi connectivity index (χ3n) is 10.3. The van der Waals surface area contributed by atoms with E-state index >= 15 is 0 Å². The first-order valence-electron chi connectivity index (χ1n) is 15.2. The summed E-state index contributed by atoms with van der Waals surface area (Å²) < 4.78 is 0.725. The van der Waals surface area contributed by atoms with Crippen LogP contribution in [0.2, 0.25) is 3.63 Å². The summed E-state index contributed by atoms with van der Waals surface area (Å²) in [4.78, 5) is 0. The molecule has 5 rings (SSSR count). The molecular formula is C38H51Cl2Zr. The van der Waals surface area contributed by atoms with Gasteiger partial charge in [0.05, 0.1) is 0 Å². The molecule has 3 aliphatic carbocycles. The average Bonchev–Trinajstić information content (AvgIpc) is 3.41. The maximum absolute atomic E-state index is 2.68. The van der Waals surface area contributed by atoms with E-state index in [9.17, 15) is 0 Å². The Bertz CT molecular complexity index is 1350. The van der Waals surface area contributed by atoms with E-state index in [0.717, 1.165) is 3.63 Å². The van der Waals surface area contributed by atoms with E-state index in [1.807, 2.05) is 0 Å². The Balaban J connectivity index is 0.00000231. The summed E-state index contributed by atoms with van der Waals surface area (Å²) in [6.45, 7) is 31.2. The first-order valence-corrected chi connectivity index (χ1v) is 16.7. The minimum Gasteiger partial charge on any atom is -1.00 e. The summed E-state index contributed by atoms with van der Waals surface area (Å²) in [5.74, 6) is 0.978. The third-order valence-corrected chi connectivity index (χ3v) is 11.7. The zero-order valence-corrected chi connectivity index (χ0v) is 31.8. The molecule has 0 heterocycles. The van der Waals surface area contributed by atoms with E-state index in [4.69, 9.17) is 0 Å². The summed E-state index contributed by atoms with van der Waals surface area (Å²) in [7, 11) is 0. The van der Waals surface area contributed by atoms with Crippen molar-refractivity contribution in [3.8, 4) is 11.1 Å². The molecule has 0 bridgehead atoms. The maximum atomic E-state index is 2.68. The molecule has 0 aromatic heterocycles. The van der Waals surface area contributed by atoms with Gasteiger partial charge in [0, 0.05) is 0 Å². The fourth-order valence-electron chi connectivity index (χ4n) is 8.31. The van der Waals surface area contributed by atoms with E-state index in [1.54, 1.807) is 52.6 Å². The molecule has 41 heavy (non-hydrogen) atoms. The van der Waals surface area contributed by atoms with E-state index in [0.29, 0.717) is 11.8 Å². The van der Waals surface area contributed by atoms with Crippen LogP contribution < -0.4 is 24.8 Å². The van der Waals surface area contributed by atoms with Crippen LogP contribution in [-0.4, -0.2) is 0 Å². The molecule has 2 aromatic rings. The summed E-state index contributed by atoms with van der Waals surface area (Å²) in [5.41, 5.74) is 17.8. The van der Waals surface area contributed by atoms with Crippen LogP contribution in [0.4, 0.5) is 0 Å². The summed E-state index contributed by atoms with van der Waals surface area (Å²) in [5, 5.41) is 0. The fraction of sp³-hybridized carbons (Fsp3) is 0.579. The molecular weight excluding hydrogens is 619 g/mol. The molecule has 0 N–H and O–H groups in total. The number of rotatable bonds is 2. The first kappa shape index (κ1) is 34.9. The standard InChI is InChI=1S/C38H51.2ClH.Zr/c1-22(2)38(15-14-25-18-26(19-33(25)38)35(5,6)7)34-29-16-23(3)31(36(8,9)10)20-27(29)28-21-32(37(11,12)13)24(4)17-30(28)34;;;/h14,16-17,19-22,34H,15,18H2,1-13H3;2*1H;/q;;;+2/p-2. The van der Waals surface area contributed by atoms with Gasteiger partial charge < -0.3 is 24.8 Å². The Labute approximate surface area is 279 Å². The second kappa shape index (κ2) is 11.1. The second-order valence-electron chi connectivity index (χ2n) is 16.4. The molecule has 0 spiro atoms. The largest absolute Gasteiger partial charge is 1.00 e. The van der Waals surface area contributed by atoms with Crippen molar-refractivity contribution in [3.05, 3.63) is 80.4 Å². The van der Waals surface area contributed by atoms with Gasteiger partial charge in [-0.25, -0.2) is 0 Å². The quantitative estimate of drug-likeness (QED) is 0.419. The number of hydrogen-bond donors (Lipinski definition) is 0. The van der Waals surface area contributed by atoms with Crippen molar-refractivity contribution in [2.75, 3.05) is 0 Å². The smallest absolute Gasteiger partial charge is 1.00 e. The molecule has 3 heteroatoms. The van der Waals surface area contributed by atoms with Crippen LogP contribution >= 0.6 is 0 Å². The molecule has 221 valence electrons. The van der Waals surface area contributed by atoms with Crippen LogP contribution in [0.15, 0.2) is 47.1 Å². The topological polar surface area (TPSA) is 0 Å². The minimum absolute atomic E-state index is 0. The van der Waals surface area contributed by atoms with Gasteiger partial charge in [0.15, 0.2) is 0 Å². The van der Waals surface area contributed by atoms with Crippen molar-refractivity contribution in [1.29, 1.82) is 0 Å². The monoisotopic (exact) mass is 667 g/mol. The Kier molecular flexibility index (Phi) is 9.42. The molecule has 0 fully saturated rings. The predicted molar refractivity (Wildman–Crippen MR) is 165 cm³/mol. The Morgan fingerprint density at radius 3 is 1.54 bits per heavy atom. The van der Waals surface area contributed by atoms with Gasteiger partial charge in [-0.15, -0.1) is 0 Å². The molecule has 2 unspecified atom stereocenters. The molecule has 2 atom stereocenters. The minimum atomic E-state index is 0. The fourth-order valence-corrected chi connectivity index (χ4v) is 9.78. The Hall–Kier alpha value is -0.617. The van der Waals surface area contributed by atoms with E-state index < -0.39 is 0 Å². The van der Waals surface area contributed by atoms with Gasteiger partial charge in [-0.05, 0) is 0 Å². The third kappa shape index (κ3) is 5.46. The van der Waals surface area contributed by atoms with Crippen LogP contribution in [0.5, 0.6) is 0 Å². The molecule has 0 nitrogen and oxygen atoms in total. The van der Waals surface area contributed by atoms with E-state index in [1.165, 1.54) is 46.2 Å². The number of allylic oxidation sites excluding steroid dienone is 4. The first-order chi connectivity index (χ1) is 17.8. The van der Waals surface area contributed by atoms with Gasteiger partial charge in [0.2, 0.25) is 0 Å². The Morgan fingerprint density at radius 1 is 0.732 bits per heavy atom. The molecule has 0 saturated heterocycles. The van der Waals surface area contributed by atoms with Crippen molar-refractivity contribution in [2.24, 2.45) is 16.7 Å². The molecule has 3 aliphatic rings. The van der Waals surface area contributed by atoms with E-state index in [2.05, 4.69) is 120 Å². The predicted octanol–water partition coefficient (Wildman–Crippen LogP) is 5.07. The van der Waals surface area contributed by atoms with Crippen molar-refractivity contribution in [1.82, 2.24) is 0 Å². The van der Waals surface area contributed by atoms with Gasteiger partial charge >= 0.3 is 256 Å². The van der Waals surface area contributed by atoms with Gasteiger partial charge in [-0.1, -0.05) is 0 Å². The van der Waals surface area contributed by atoms with Crippen LogP contribution in [0.3, 0.4) is 0 Å². The van der Waals surface area contributed by atoms with Gasteiger partial charge in [0.25, 0.3) is 0 Å². The van der Waals surface area contributed by atoms with E-state index in [-0.39, 0.29) is 46.5 Å². The van der Waals surface area contributed by atoms with Crippen molar-refractivity contribution < 1.29 is 49.5 Å². The zero-order valence-electron chi connectivity index (χ0n) is 27.8. The van der Waals surface area contributed by atoms with Crippen LogP contribution in [0, 0.1) is 30.6 Å². The normalized spacial score (nSPS) is 22.3. The maximum Gasteiger partial charge on any atom is -1.00 e. The summed E-state index contributed by atoms with van der Waals surface area (Å²) >= 11 is 1.69. The van der Waals surface area contributed by atoms with Crippen LogP contribution in [0.25, 0.3) is 11.1 Å². The number of fused-ring (bicyclic) bond motifs is 3. The molecule has 2 aromatic carbocycles. The van der Waals surface area contributed by atoms with Crippen LogP contribution in [0.1, 0.15) is 128 Å².